The van der Waals surface area contributed by atoms with Crippen molar-refractivity contribution in [3.05, 3.63) is 48.0 Å². The van der Waals surface area contributed by atoms with E-state index in [2.05, 4.69) is 15.1 Å². The first-order valence-electron chi connectivity index (χ1n) is 9.69. The highest BCUT2D eigenvalue weighted by atomic mass is 32.2. The molecule has 0 saturated carbocycles. The zero-order valence-corrected chi connectivity index (χ0v) is 17.4. The number of hydrogen-bond donors (Lipinski definition) is 1. The number of halogens is 3. The van der Waals surface area contributed by atoms with Crippen molar-refractivity contribution >= 4 is 34.4 Å². The number of carbonyl (C=O) groups excluding carboxylic acids is 2. The lowest BCUT2D eigenvalue weighted by Gasteiger charge is -2.15. The zero-order valence-electron chi connectivity index (χ0n) is 16.6. The molecule has 8 nitrogen and oxygen atoms in total. The van der Waals surface area contributed by atoms with Crippen molar-refractivity contribution in [2.75, 3.05) is 25.4 Å². The lowest BCUT2D eigenvalue weighted by molar-refractivity contribution is -0.145. The molecule has 4 rings (SSSR count). The second-order valence-corrected chi connectivity index (χ2v) is 8.19. The maximum absolute atomic E-state index is 13.2. The van der Waals surface area contributed by atoms with Crippen LogP contribution in [0.3, 0.4) is 0 Å². The van der Waals surface area contributed by atoms with Gasteiger partial charge in [-0.1, -0.05) is 30.0 Å². The average molecular weight is 465 g/mol. The zero-order chi connectivity index (χ0) is 22.9. The van der Waals surface area contributed by atoms with Gasteiger partial charge in [-0.2, -0.15) is 18.3 Å². The minimum atomic E-state index is -4.70. The number of aliphatic hydroxyl groups excluding tert-OH is 1. The monoisotopic (exact) mass is 465 g/mol. The quantitative estimate of drug-likeness (QED) is 0.339. The van der Waals surface area contributed by atoms with E-state index in [0.29, 0.717) is 30.5 Å². The number of amides is 1. The fourth-order valence-corrected chi connectivity index (χ4v) is 4.38. The summed E-state index contributed by atoms with van der Waals surface area (Å²) in [5.74, 6) is -2.03. The van der Waals surface area contributed by atoms with Crippen LogP contribution in [-0.2, 0) is 11.0 Å². The van der Waals surface area contributed by atoms with Crippen LogP contribution in [0.5, 0.6) is 0 Å². The molecule has 12 heteroatoms. The fourth-order valence-electron chi connectivity index (χ4n) is 3.47. The minimum Gasteiger partial charge on any atom is -0.387 e. The predicted molar refractivity (Wildman–Crippen MR) is 109 cm³/mol. The van der Waals surface area contributed by atoms with Crippen molar-refractivity contribution in [3.8, 4) is 0 Å². The molecule has 0 bridgehead atoms. The van der Waals surface area contributed by atoms with E-state index < -0.39 is 18.6 Å². The van der Waals surface area contributed by atoms with Crippen LogP contribution >= 0.6 is 11.8 Å². The molecule has 3 heterocycles. The van der Waals surface area contributed by atoms with Gasteiger partial charge < -0.3 is 10.0 Å². The summed E-state index contributed by atoms with van der Waals surface area (Å²) in [6.07, 6.45) is -1.08. The van der Waals surface area contributed by atoms with Gasteiger partial charge in [0.05, 0.1) is 29.1 Å². The maximum atomic E-state index is 13.2. The summed E-state index contributed by atoms with van der Waals surface area (Å²) in [4.78, 5) is 33.0. The molecule has 32 heavy (non-hydrogen) atoms. The Morgan fingerprint density at radius 1 is 1.22 bits per heavy atom. The van der Waals surface area contributed by atoms with Crippen molar-refractivity contribution < 1.29 is 27.9 Å². The Hall–Kier alpha value is -2.99. The molecule has 0 aliphatic carbocycles. The first kappa shape index (κ1) is 22.2. The van der Waals surface area contributed by atoms with Crippen LogP contribution in [-0.4, -0.2) is 66.9 Å². The largest absolute Gasteiger partial charge is 0.451 e. The highest BCUT2D eigenvalue weighted by molar-refractivity contribution is 8.00. The minimum absolute atomic E-state index is 0.0811. The fraction of sp³-hybridized carbons (Fsp3) is 0.350. The molecule has 1 aromatic carbocycles. The van der Waals surface area contributed by atoms with Crippen LogP contribution in [0, 0.1) is 0 Å². The number of likely N-dealkylation sites (tertiary alicyclic amines) is 1. The number of benzene rings is 1. The second-order valence-electron chi connectivity index (χ2n) is 7.23. The second kappa shape index (κ2) is 8.87. The molecular weight excluding hydrogens is 447 g/mol. The molecule has 2 aromatic heterocycles. The SMILES string of the molecule is O=C(CSc1nc(C(F)(F)F)nc2ccccc12)c1cnn(C2CCN(C(=O)CO)C2)c1. The van der Waals surface area contributed by atoms with E-state index >= 15 is 0 Å². The Morgan fingerprint density at radius 3 is 2.75 bits per heavy atom. The van der Waals surface area contributed by atoms with Gasteiger partial charge in [-0.15, -0.1) is 0 Å². The molecular formula is C20H18F3N5O3S. The van der Waals surface area contributed by atoms with Crippen LogP contribution in [0.2, 0.25) is 0 Å². The van der Waals surface area contributed by atoms with Gasteiger partial charge in [-0.3, -0.25) is 14.3 Å². The van der Waals surface area contributed by atoms with Crippen LogP contribution < -0.4 is 0 Å². The summed E-state index contributed by atoms with van der Waals surface area (Å²) >= 11 is 0.914. The van der Waals surface area contributed by atoms with Gasteiger partial charge in [-0.25, -0.2) is 9.97 Å². The van der Waals surface area contributed by atoms with Gasteiger partial charge in [0.15, 0.2) is 5.78 Å². The van der Waals surface area contributed by atoms with E-state index in [0.717, 1.165) is 11.8 Å². The van der Waals surface area contributed by atoms with E-state index in [-0.39, 0.29) is 34.0 Å². The molecule has 3 aromatic rings. The van der Waals surface area contributed by atoms with E-state index in [9.17, 15) is 22.8 Å². The van der Waals surface area contributed by atoms with Gasteiger partial charge >= 0.3 is 6.18 Å². The molecule has 1 fully saturated rings. The summed E-state index contributed by atoms with van der Waals surface area (Å²) in [6, 6.07) is 6.22. The summed E-state index contributed by atoms with van der Waals surface area (Å²) in [7, 11) is 0. The third-order valence-corrected chi connectivity index (χ3v) is 6.10. The van der Waals surface area contributed by atoms with E-state index in [1.54, 1.807) is 29.1 Å². The molecule has 1 atom stereocenters. The molecule has 1 aliphatic rings. The molecule has 168 valence electrons. The first-order chi connectivity index (χ1) is 15.3. The Morgan fingerprint density at radius 2 is 2.00 bits per heavy atom. The van der Waals surface area contributed by atoms with Crippen LogP contribution in [0.1, 0.15) is 28.6 Å². The number of hydrogen-bond acceptors (Lipinski definition) is 7. The molecule has 1 amide bonds. The molecule has 0 radical (unpaired) electrons. The molecule has 0 spiro atoms. The highest BCUT2D eigenvalue weighted by Crippen LogP contribution is 2.32. The third kappa shape index (κ3) is 4.60. The average Bonchev–Trinajstić information content (AvgIpc) is 3.45. The first-order valence-corrected chi connectivity index (χ1v) is 10.7. The Bertz CT molecular complexity index is 1170. The Balaban J connectivity index is 1.47. The Labute approximate surface area is 184 Å². The number of ketones is 1. The molecule has 1 aliphatic heterocycles. The predicted octanol–water partition coefficient (Wildman–Crippen LogP) is 2.59. The normalized spacial score (nSPS) is 16.6. The van der Waals surface area contributed by atoms with E-state index in [1.165, 1.54) is 17.2 Å². The van der Waals surface area contributed by atoms with Crippen LogP contribution in [0.4, 0.5) is 13.2 Å². The summed E-state index contributed by atoms with van der Waals surface area (Å²) in [5.41, 5.74) is 0.472. The number of nitrogens with zero attached hydrogens (tertiary/aromatic N) is 5. The van der Waals surface area contributed by atoms with Crippen molar-refractivity contribution in [1.29, 1.82) is 0 Å². The number of thioether (sulfide) groups is 1. The number of Topliss-reactive ketones (excluding diaryl/α,β-unsaturated/α-hetero) is 1. The van der Waals surface area contributed by atoms with Gasteiger partial charge in [-0.05, 0) is 12.5 Å². The van der Waals surface area contributed by atoms with E-state index in [1.807, 2.05) is 0 Å². The summed E-state index contributed by atoms with van der Waals surface area (Å²) < 4.78 is 41.1. The lowest BCUT2D eigenvalue weighted by Crippen LogP contribution is -2.31. The highest BCUT2D eigenvalue weighted by Gasteiger charge is 2.35. The van der Waals surface area contributed by atoms with Crippen LogP contribution in [0.25, 0.3) is 10.9 Å². The number of para-hydroxylation sites is 1. The van der Waals surface area contributed by atoms with Crippen molar-refractivity contribution in [2.24, 2.45) is 0 Å². The van der Waals surface area contributed by atoms with Crippen molar-refractivity contribution in [2.45, 2.75) is 23.7 Å². The number of aromatic nitrogens is 4. The lowest BCUT2D eigenvalue weighted by atomic mass is 10.2. The topological polar surface area (TPSA) is 101 Å². The third-order valence-electron chi connectivity index (χ3n) is 5.11. The molecule has 1 saturated heterocycles. The smallest absolute Gasteiger partial charge is 0.387 e. The number of alkyl halides is 3. The molecule has 1 unspecified atom stereocenters. The van der Waals surface area contributed by atoms with Gasteiger partial charge in [0.25, 0.3) is 0 Å². The summed E-state index contributed by atoms with van der Waals surface area (Å²) in [6.45, 7) is 0.322. The van der Waals surface area contributed by atoms with Gasteiger partial charge in [0.1, 0.15) is 11.6 Å². The number of rotatable bonds is 6. The number of carbonyl (C=O) groups is 2. The van der Waals surface area contributed by atoms with Gasteiger partial charge in [0.2, 0.25) is 11.7 Å². The van der Waals surface area contributed by atoms with Crippen molar-refractivity contribution in [3.63, 3.8) is 0 Å². The standard InChI is InChI=1S/C20H18F3N5O3S/c21-20(22,23)19-25-15-4-2-1-3-14(15)18(26-19)32-11-16(30)12-7-24-28(8-12)13-5-6-27(9-13)17(31)10-29/h1-4,7-8,13,29H,5-6,9-11H2. The number of fused-ring (bicyclic) bond motifs is 1. The Kier molecular flexibility index (Phi) is 6.15. The van der Waals surface area contributed by atoms with Crippen molar-refractivity contribution in [1.82, 2.24) is 24.6 Å². The summed E-state index contributed by atoms with van der Waals surface area (Å²) in [5, 5.41) is 13.7. The maximum Gasteiger partial charge on any atom is 0.451 e. The van der Waals surface area contributed by atoms with Gasteiger partial charge in [0, 0.05) is 24.7 Å². The van der Waals surface area contributed by atoms with E-state index in [4.69, 9.17) is 5.11 Å². The van der Waals surface area contributed by atoms with Crippen LogP contribution in [0.15, 0.2) is 41.7 Å². The number of aliphatic hydroxyl groups is 1. The molecule has 1 N–H and O–H groups in total.